The molecule has 4 heteroatoms. The molecule has 4 rings (SSSR count). The number of fused-ring (bicyclic) bond motifs is 1. The van der Waals surface area contributed by atoms with E-state index in [1.54, 1.807) is 7.05 Å². The predicted molar refractivity (Wildman–Crippen MR) is 71.4 cm³/mol. The molecular formula is C14H13N3O. The number of aryl methyl sites for hydroxylation is 1. The van der Waals surface area contributed by atoms with Gasteiger partial charge in [0, 0.05) is 23.8 Å². The Kier molecular flexibility index (Phi) is 1.77. The van der Waals surface area contributed by atoms with Crippen LogP contribution in [0.15, 0.2) is 28.7 Å². The highest BCUT2D eigenvalue weighted by Crippen LogP contribution is 2.42. The van der Waals surface area contributed by atoms with Crippen LogP contribution in [0.5, 0.6) is 0 Å². The minimum absolute atomic E-state index is 0.0283. The second-order valence-corrected chi connectivity index (χ2v) is 4.94. The van der Waals surface area contributed by atoms with Crippen molar-refractivity contribution in [1.29, 1.82) is 0 Å². The Morgan fingerprint density at radius 1 is 1.33 bits per heavy atom. The van der Waals surface area contributed by atoms with E-state index in [-0.39, 0.29) is 5.56 Å². The van der Waals surface area contributed by atoms with Gasteiger partial charge in [-0.15, -0.1) is 0 Å². The maximum Gasteiger partial charge on any atom is 0.274 e. The Labute approximate surface area is 104 Å². The first-order chi connectivity index (χ1) is 8.75. The molecule has 90 valence electrons. The number of rotatable bonds is 0. The van der Waals surface area contributed by atoms with Gasteiger partial charge in [-0.25, -0.2) is 4.68 Å². The summed E-state index contributed by atoms with van der Waals surface area (Å²) in [5, 5.41) is 9.68. The van der Waals surface area contributed by atoms with Crippen LogP contribution in [0.1, 0.15) is 25.0 Å². The Hall–Kier alpha value is -2.10. The zero-order valence-corrected chi connectivity index (χ0v) is 10.2. The van der Waals surface area contributed by atoms with Crippen LogP contribution in [0.4, 0.5) is 5.69 Å². The molecule has 1 aliphatic carbocycles. The molecule has 0 amide bonds. The minimum Gasteiger partial charge on any atom is -0.358 e. The molecule has 1 aliphatic heterocycles. The normalized spacial score (nSPS) is 16.9. The Morgan fingerprint density at radius 2 is 2.22 bits per heavy atom. The number of nitrogens with zero attached hydrogens (tertiary/aromatic N) is 2. The Bertz CT molecular complexity index is 770. The molecule has 2 aromatic rings. The molecule has 0 atom stereocenters. The summed E-state index contributed by atoms with van der Waals surface area (Å²) in [5.41, 5.74) is 4.55. The van der Waals surface area contributed by atoms with E-state index in [9.17, 15) is 4.79 Å². The van der Waals surface area contributed by atoms with E-state index in [0.29, 0.717) is 0 Å². The Morgan fingerprint density at radius 3 is 3.11 bits per heavy atom. The lowest BCUT2D eigenvalue weighted by Crippen LogP contribution is -2.23. The molecular weight excluding hydrogens is 226 g/mol. The lowest BCUT2D eigenvalue weighted by molar-refractivity contribution is 0.711. The largest absolute Gasteiger partial charge is 0.358 e. The highest BCUT2D eigenvalue weighted by Gasteiger charge is 2.26. The van der Waals surface area contributed by atoms with Gasteiger partial charge in [0.15, 0.2) is 0 Å². The summed E-state index contributed by atoms with van der Waals surface area (Å²) in [6.45, 7) is 0. The van der Waals surface area contributed by atoms with Gasteiger partial charge in [0.25, 0.3) is 5.56 Å². The fourth-order valence-corrected chi connectivity index (χ4v) is 3.03. The molecule has 0 unspecified atom stereocenters. The molecule has 2 heterocycles. The van der Waals surface area contributed by atoms with Crippen molar-refractivity contribution in [2.24, 2.45) is 7.05 Å². The molecule has 0 spiro atoms. The van der Waals surface area contributed by atoms with Crippen molar-refractivity contribution >= 4 is 22.0 Å². The van der Waals surface area contributed by atoms with Gasteiger partial charge in [-0.2, -0.15) is 5.10 Å². The molecule has 18 heavy (non-hydrogen) atoms. The van der Waals surface area contributed by atoms with Crippen molar-refractivity contribution in [1.82, 2.24) is 9.78 Å². The van der Waals surface area contributed by atoms with Crippen LogP contribution in [0.3, 0.4) is 0 Å². The van der Waals surface area contributed by atoms with Gasteiger partial charge in [-0.1, -0.05) is 6.07 Å². The van der Waals surface area contributed by atoms with Crippen molar-refractivity contribution < 1.29 is 0 Å². The molecule has 0 saturated carbocycles. The maximum absolute atomic E-state index is 12.1. The number of aromatic nitrogens is 2. The van der Waals surface area contributed by atoms with Crippen LogP contribution in [0.25, 0.3) is 16.3 Å². The molecule has 0 saturated heterocycles. The van der Waals surface area contributed by atoms with Gasteiger partial charge in [-0.3, -0.25) is 4.79 Å². The third-order valence-corrected chi connectivity index (χ3v) is 3.86. The van der Waals surface area contributed by atoms with Gasteiger partial charge in [-0.05, 0) is 37.0 Å². The highest BCUT2D eigenvalue weighted by atomic mass is 16.1. The number of hydrogen-bond donors (Lipinski definition) is 1. The summed E-state index contributed by atoms with van der Waals surface area (Å²) in [4.78, 5) is 12.1. The molecule has 1 N–H and O–H groups in total. The summed E-state index contributed by atoms with van der Waals surface area (Å²) >= 11 is 0. The number of allylic oxidation sites excluding steroid dienone is 2. The smallest absolute Gasteiger partial charge is 0.274 e. The summed E-state index contributed by atoms with van der Waals surface area (Å²) in [5.74, 6) is 0. The van der Waals surface area contributed by atoms with Crippen LogP contribution in [-0.2, 0) is 7.05 Å². The molecule has 0 radical (unpaired) electrons. The van der Waals surface area contributed by atoms with Crippen LogP contribution < -0.4 is 10.9 Å². The number of benzene rings is 1. The maximum atomic E-state index is 12.1. The lowest BCUT2D eigenvalue weighted by atomic mass is 9.99. The third-order valence-electron chi connectivity index (χ3n) is 3.86. The van der Waals surface area contributed by atoms with Gasteiger partial charge in [0.05, 0.1) is 11.1 Å². The zero-order chi connectivity index (χ0) is 12.3. The SMILES string of the molecule is Cn1nc2c3c(cccc3c1=O)NC1=C2CCC1. The quantitative estimate of drug-likeness (QED) is 0.767. The van der Waals surface area contributed by atoms with Crippen LogP contribution in [0.2, 0.25) is 0 Å². The molecule has 4 nitrogen and oxygen atoms in total. The van der Waals surface area contributed by atoms with Crippen molar-refractivity contribution in [2.45, 2.75) is 19.3 Å². The van der Waals surface area contributed by atoms with Crippen LogP contribution in [-0.4, -0.2) is 9.78 Å². The van der Waals surface area contributed by atoms with Gasteiger partial charge < -0.3 is 5.32 Å². The van der Waals surface area contributed by atoms with Crippen molar-refractivity contribution in [2.75, 3.05) is 5.32 Å². The second-order valence-electron chi connectivity index (χ2n) is 4.94. The summed E-state index contributed by atoms with van der Waals surface area (Å²) in [7, 11) is 1.72. The van der Waals surface area contributed by atoms with Gasteiger partial charge in [0.1, 0.15) is 0 Å². The topological polar surface area (TPSA) is 46.9 Å². The van der Waals surface area contributed by atoms with Crippen LogP contribution in [0, 0.1) is 0 Å². The van der Waals surface area contributed by atoms with E-state index < -0.39 is 0 Å². The van der Waals surface area contributed by atoms with Crippen LogP contribution >= 0.6 is 0 Å². The first-order valence-electron chi connectivity index (χ1n) is 6.25. The third kappa shape index (κ3) is 1.10. The predicted octanol–water partition coefficient (Wildman–Crippen LogP) is 2.25. The van der Waals surface area contributed by atoms with Crippen molar-refractivity contribution in [3.63, 3.8) is 0 Å². The minimum atomic E-state index is -0.0283. The number of anilines is 1. The monoisotopic (exact) mass is 239 g/mol. The lowest BCUT2D eigenvalue weighted by Gasteiger charge is -2.20. The van der Waals surface area contributed by atoms with Gasteiger partial charge in [0.2, 0.25) is 0 Å². The first-order valence-corrected chi connectivity index (χ1v) is 6.25. The standard InChI is InChI=1S/C14H13N3O/c1-17-14(18)9-5-3-7-11-12(9)13(16-17)8-4-2-6-10(8)15-11/h3,5,7,15H,2,4,6H2,1H3. The van der Waals surface area contributed by atoms with Crippen molar-refractivity contribution in [3.05, 3.63) is 39.9 Å². The average Bonchev–Trinajstić information content (AvgIpc) is 2.83. The molecule has 0 fully saturated rings. The summed E-state index contributed by atoms with van der Waals surface area (Å²) in [6.07, 6.45) is 3.30. The fourth-order valence-electron chi connectivity index (χ4n) is 3.03. The van der Waals surface area contributed by atoms with E-state index >= 15 is 0 Å². The number of nitrogens with one attached hydrogen (secondary N) is 1. The highest BCUT2D eigenvalue weighted by molar-refractivity contribution is 6.04. The van der Waals surface area contributed by atoms with Gasteiger partial charge >= 0.3 is 0 Å². The van der Waals surface area contributed by atoms with E-state index in [1.165, 1.54) is 16.0 Å². The molecule has 1 aromatic carbocycles. The molecule has 2 aliphatic rings. The van der Waals surface area contributed by atoms with E-state index in [1.807, 2.05) is 18.2 Å². The van der Waals surface area contributed by atoms with E-state index in [0.717, 1.165) is 41.4 Å². The second kappa shape index (κ2) is 3.22. The summed E-state index contributed by atoms with van der Waals surface area (Å²) in [6, 6.07) is 5.83. The molecule has 1 aromatic heterocycles. The Balaban J connectivity index is 2.22. The fraction of sp³-hybridized carbons (Fsp3) is 0.286. The van der Waals surface area contributed by atoms with Crippen molar-refractivity contribution in [3.8, 4) is 0 Å². The van der Waals surface area contributed by atoms with E-state index in [4.69, 9.17) is 0 Å². The number of hydrogen-bond acceptors (Lipinski definition) is 3. The summed E-state index contributed by atoms with van der Waals surface area (Å²) < 4.78 is 1.45. The zero-order valence-electron chi connectivity index (χ0n) is 10.2. The molecule has 0 bridgehead atoms. The average molecular weight is 239 g/mol. The van der Waals surface area contributed by atoms with E-state index in [2.05, 4.69) is 10.4 Å². The first kappa shape index (κ1) is 9.88.